The van der Waals surface area contributed by atoms with E-state index < -0.39 is 0 Å². The Kier molecular flexibility index (Phi) is 11.0. The summed E-state index contributed by atoms with van der Waals surface area (Å²) in [5.74, 6) is 2.55. The van der Waals surface area contributed by atoms with Gasteiger partial charge in [0.15, 0.2) is 5.96 Å². The van der Waals surface area contributed by atoms with Crippen LogP contribution in [0.3, 0.4) is 0 Å². The van der Waals surface area contributed by atoms with Gasteiger partial charge in [0.05, 0.1) is 6.26 Å². The molecule has 0 amide bonds. The largest absolute Gasteiger partial charge is 0.467 e. The van der Waals surface area contributed by atoms with Crippen molar-refractivity contribution in [3.05, 3.63) is 40.5 Å². The van der Waals surface area contributed by atoms with Gasteiger partial charge in [-0.2, -0.15) is 5.10 Å². The van der Waals surface area contributed by atoms with Gasteiger partial charge in [-0.3, -0.25) is 9.56 Å². The number of fused-ring (bicyclic) bond motifs is 1. The fourth-order valence-corrected chi connectivity index (χ4v) is 3.30. The molecule has 0 aliphatic carbocycles. The molecule has 168 valence electrons. The number of aliphatic imine (C=N–C) groups is 1. The second kappa shape index (κ2) is 13.5. The molecule has 0 spiro atoms. The lowest BCUT2D eigenvalue weighted by molar-refractivity contribution is 0.105. The second-order valence-corrected chi connectivity index (χ2v) is 7.06. The van der Waals surface area contributed by atoms with E-state index in [-0.39, 0.29) is 29.7 Å². The van der Waals surface area contributed by atoms with Crippen LogP contribution in [-0.4, -0.2) is 46.5 Å². The van der Waals surface area contributed by atoms with Crippen molar-refractivity contribution >= 4 is 29.9 Å². The molecule has 0 unspecified atom stereocenters. The molecule has 3 heterocycles. The highest BCUT2D eigenvalue weighted by Gasteiger charge is 2.16. The molecule has 0 aromatic carbocycles. The highest BCUT2D eigenvalue weighted by molar-refractivity contribution is 14.0. The minimum atomic E-state index is 0. The van der Waals surface area contributed by atoms with E-state index in [1.165, 1.54) is 0 Å². The number of halogens is 1. The SMILES string of the molecule is CCNC(=NCCCn1nc2n(c1=O)CCCC2)NCCCOCc1ccco1.I. The lowest BCUT2D eigenvalue weighted by atomic mass is 10.2. The third-order valence-electron chi connectivity index (χ3n) is 4.76. The van der Waals surface area contributed by atoms with Gasteiger partial charge in [0.1, 0.15) is 18.2 Å². The number of rotatable bonds is 11. The zero-order valence-corrected chi connectivity index (χ0v) is 20.0. The molecule has 0 bridgehead atoms. The first-order chi connectivity index (χ1) is 14.3. The smallest absolute Gasteiger partial charge is 0.345 e. The van der Waals surface area contributed by atoms with Crippen LogP contribution < -0.4 is 16.3 Å². The van der Waals surface area contributed by atoms with Gasteiger partial charge in [0.25, 0.3) is 0 Å². The quantitative estimate of drug-likeness (QED) is 0.199. The van der Waals surface area contributed by atoms with Gasteiger partial charge in [-0.25, -0.2) is 9.48 Å². The summed E-state index contributed by atoms with van der Waals surface area (Å²) < 4.78 is 14.2. The van der Waals surface area contributed by atoms with Crippen molar-refractivity contribution in [1.29, 1.82) is 0 Å². The number of furan rings is 1. The van der Waals surface area contributed by atoms with E-state index in [1.54, 1.807) is 10.9 Å². The van der Waals surface area contributed by atoms with Crippen molar-refractivity contribution in [3.63, 3.8) is 0 Å². The van der Waals surface area contributed by atoms with Gasteiger partial charge in [-0.1, -0.05) is 0 Å². The van der Waals surface area contributed by atoms with Crippen LogP contribution in [0.5, 0.6) is 0 Å². The van der Waals surface area contributed by atoms with Crippen LogP contribution in [0.15, 0.2) is 32.6 Å². The summed E-state index contributed by atoms with van der Waals surface area (Å²) in [6, 6.07) is 3.76. The molecule has 30 heavy (non-hydrogen) atoms. The molecule has 9 nitrogen and oxygen atoms in total. The zero-order chi connectivity index (χ0) is 20.3. The van der Waals surface area contributed by atoms with E-state index in [0.29, 0.717) is 26.3 Å². The second-order valence-electron chi connectivity index (χ2n) is 7.06. The van der Waals surface area contributed by atoms with Gasteiger partial charge < -0.3 is 19.8 Å². The van der Waals surface area contributed by atoms with Crippen LogP contribution in [0, 0.1) is 0 Å². The molecule has 0 radical (unpaired) electrons. The lowest BCUT2D eigenvalue weighted by Gasteiger charge is -2.11. The monoisotopic (exact) mass is 532 g/mol. The van der Waals surface area contributed by atoms with E-state index in [0.717, 1.165) is 69.3 Å². The summed E-state index contributed by atoms with van der Waals surface area (Å²) in [6.07, 6.45) is 6.39. The topological polar surface area (TPSA) is 98.6 Å². The van der Waals surface area contributed by atoms with Crippen molar-refractivity contribution in [2.45, 2.75) is 58.7 Å². The normalized spacial score (nSPS) is 13.6. The predicted molar refractivity (Wildman–Crippen MR) is 126 cm³/mol. The molecule has 2 N–H and O–H groups in total. The van der Waals surface area contributed by atoms with Crippen molar-refractivity contribution in [2.75, 3.05) is 26.2 Å². The van der Waals surface area contributed by atoms with Crippen molar-refractivity contribution in [2.24, 2.45) is 4.99 Å². The Bertz CT molecular complexity index is 815. The molecule has 1 aliphatic rings. The maximum absolute atomic E-state index is 12.3. The predicted octanol–water partition coefficient (Wildman–Crippen LogP) is 2.14. The van der Waals surface area contributed by atoms with Crippen molar-refractivity contribution in [3.8, 4) is 0 Å². The molecule has 2 aromatic rings. The number of ether oxygens (including phenoxy) is 1. The Morgan fingerprint density at radius 2 is 2.23 bits per heavy atom. The maximum Gasteiger partial charge on any atom is 0.345 e. The van der Waals surface area contributed by atoms with Gasteiger partial charge >= 0.3 is 5.69 Å². The van der Waals surface area contributed by atoms with Crippen molar-refractivity contribution in [1.82, 2.24) is 25.0 Å². The van der Waals surface area contributed by atoms with E-state index >= 15 is 0 Å². The summed E-state index contributed by atoms with van der Waals surface area (Å²) in [5.41, 5.74) is 0.0169. The standard InChI is InChI=1S/C20H32N6O3.HI/c1-2-21-19(23-11-7-14-28-16-17-8-5-15-29-17)22-10-6-13-26-20(27)25-12-4-3-9-18(25)24-26;/h5,8,15H,2-4,6-7,9-14,16H2,1H3,(H2,21,22,23);1H. The Morgan fingerprint density at radius 1 is 1.33 bits per heavy atom. The summed E-state index contributed by atoms with van der Waals surface area (Å²) in [6.45, 7) is 6.80. The number of hydrogen-bond acceptors (Lipinski definition) is 5. The Labute approximate surface area is 194 Å². The van der Waals surface area contributed by atoms with Gasteiger partial charge in [-0.05, 0) is 44.7 Å². The highest BCUT2D eigenvalue weighted by atomic mass is 127. The zero-order valence-electron chi connectivity index (χ0n) is 17.6. The first-order valence-corrected chi connectivity index (χ1v) is 10.6. The number of guanidine groups is 1. The Hall–Kier alpha value is -1.82. The van der Waals surface area contributed by atoms with E-state index in [1.807, 2.05) is 23.6 Å². The van der Waals surface area contributed by atoms with E-state index in [4.69, 9.17) is 9.15 Å². The third-order valence-corrected chi connectivity index (χ3v) is 4.76. The molecule has 0 fully saturated rings. The fourth-order valence-electron chi connectivity index (χ4n) is 3.30. The number of aryl methyl sites for hydroxylation is 2. The van der Waals surface area contributed by atoms with E-state index in [9.17, 15) is 4.79 Å². The minimum absolute atomic E-state index is 0. The van der Waals surface area contributed by atoms with E-state index in [2.05, 4.69) is 20.7 Å². The van der Waals surface area contributed by atoms with Crippen LogP contribution in [0.4, 0.5) is 0 Å². The molecular formula is C20H33IN6O3. The van der Waals surface area contributed by atoms with Gasteiger partial charge in [-0.15, -0.1) is 24.0 Å². The van der Waals surface area contributed by atoms with Crippen LogP contribution in [0.1, 0.15) is 44.2 Å². The average molecular weight is 532 g/mol. The van der Waals surface area contributed by atoms with Gasteiger partial charge in [0, 0.05) is 45.8 Å². The molecular weight excluding hydrogens is 499 g/mol. The molecule has 1 aliphatic heterocycles. The molecule has 10 heteroatoms. The van der Waals surface area contributed by atoms with Crippen LogP contribution >= 0.6 is 24.0 Å². The average Bonchev–Trinajstić information content (AvgIpc) is 3.36. The number of hydrogen-bond donors (Lipinski definition) is 2. The molecule has 0 saturated carbocycles. The Balaban J connectivity index is 0.00000320. The van der Waals surface area contributed by atoms with Crippen LogP contribution in [-0.2, 0) is 30.9 Å². The number of nitrogens with one attached hydrogen (secondary N) is 2. The molecule has 0 saturated heterocycles. The first kappa shape index (κ1) is 24.4. The summed E-state index contributed by atoms with van der Waals surface area (Å²) in [5, 5.41) is 11.0. The van der Waals surface area contributed by atoms with Crippen molar-refractivity contribution < 1.29 is 9.15 Å². The molecule has 3 rings (SSSR count). The van der Waals surface area contributed by atoms with Crippen LogP contribution in [0.2, 0.25) is 0 Å². The summed E-state index contributed by atoms with van der Waals surface area (Å²) in [4.78, 5) is 16.9. The maximum atomic E-state index is 12.3. The summed E-state index contributed by atoms with van der Waals surface area (Å²) >= 11 is 0. The number of aromatic nitrogens is 3. The lowest BCUT2D eigenvalue weighted by Crippen LogP contribution is -2.38. The third kappa shape index (κ3) is 7.46. The highest BCUT2D eigenvalue weighted by Crippen LogP contribution is 2.09. The van der Waals surface area contributed by atoms with Gasteiger partial charge in [0.2, 0.25) is 0 Å². The summed E-state index contributed by atoms with van der Waals surface area (Å²) in [7, 11) is 0. The minimum Gasteiger partial charge on any atom is -0.467 e. The van der Waals surface area contributed by atoms with Crippen LogP contribution in [0.25, 0.3) is 0 Å². The Morgan fingerprint density at radius 3 is 3.00 bits per heavy atom. The fraction of sp³-hybridized carbons (Fsp3) is 0.650. The molecule has 2 aromatic heterocycles. The molecule has 0 atom stereocenters. The first-order valence-electron chi connectivity index (χ1n) is 10.6. The number of nitrogens with zero attached hydrogens (tertiary/aromatic N) is 4.